The fraction of sp³-hybridized carbons (Fsp3) is 0. The first-order valence-electron chi connectivity index (χ1n) is 4.27. The highest BCUT2D eigenvalue weighted by molar-refractivity contribution is 9.10. The lowest BCUT2D eigenvalue weighted by Gasteiger charge is -2.02. The smallest absolute Gasteiger partial charge is 0.335 e. The molecule has 4 nitrogen and oxygen atoms in total. The highest BCUT2D eigenvalue weighted by Crippen LogP contribution is 2.32. The molecule has 16 heavy (non-hydrogen) atoms. The van der Waals surface area contributed by atoms with Crippen molar-refractivity contribution in [3.63, 3.8) is 0 Å². The van der Waals surface area contributed by atoms with E-state index >= 15 is 0 Å². The van der Waals surface area contributed by atoms with E-state index in [9.17, 15) is 4.79 Å². The van der Waals surface area contributed by atoms with Gasteiger partial charge in [-0.25, -0.2) is 9.78 Å². The number of benzene rings is 1. The Morgan fingerprint density at radius 1 is 1.50 bits per heavy atom. The van der Waals surface area contributed by atoms with Crippen molar-refractivity contribution < 1.29 is 14.3 Å². The molecular weight excluding hydrogens is 294 g/mol. The first-order chi connectivity index (χ1) is 7.66. The van der Waals surface area contributed by atoms with Crippen LogP contribution in [0.2, 0.25) is 0 Å². The molecule has 1 aromatic heterocycles. The van der Waals surface area contributed by atoms with Gasteiger partial charge in [-0.15, -0.1) is 0 Å². The third-order valence-electron chi connectivity index (χ3n) is 1.79. The van der Waals surface area contributed by atoms with E-state index in [2.05, 4.69) is 20.9 Å². The van der Waals surface area contributed by atoms with Crippen molar-refractivity contribution in [3.8, 4) is 0 Å². The van der Waals surface area contributed by atoms with Crippen LogP contribution < -0.4 is 0 Å². The van der Waals surface area contributed by atoms with E-state index in [1.54, 1.807) is 24.4 Å². The predicted octanol–water partition coefficient (Wildman–Crippen LogP) is 3.29. The Morgan fingerprint density at radius 2 is 2.31 bits per heavy atom. The molecule has 0 fully saturated rings. The zero-order chi connectivity index (χ0) is 11.5. The molecule has 2 aromatic rings. The highest BCUT2D eigenvalue weighted by atomic mass is 79.9. The van der Waals surface area contributed by atoms with Crippen LogP contribution >= 0.6 is 27.7 Å². The molecule has 0 unspecified atom stereocenters. The van der Waals surface area contributed by atoms with Crippen LogP contribution in [-0.4, -0.2) is 16.1 Å². The Hall–Kier alpha value is -1.27. The average Bonchev–Trinajstić information content (AvgIpc) is 2.73. The standard InChI is InChI=1S/C10H6BrNO3S/c11-7-5-6(9(13)14)1-2-8(7)16-10-12-3-4-15-10/h1-5H,(H,13,14). The van der Waals surface area contributed by atoms with Gasteiger partial charge in [0.2, 0.25) is 0 Å². The zero-order valence-electron chi connectivity index (χ0n) is 7.88. The zero-order valence-corrected chi connectivity index (χ0v) is 10.3. The summed E-state index contributed by atoms with van der Waals surface area (Å²) in [6, 6.07) is 4.80. The van der Waals surface area contributed by atoms with Gasteiger partial charge in [-0.1, -0.05) is 0 Å². The molecule has 0 saturated carbocycles. The lowest BCUT2D eigenvalue weighted by atomic mass is 10.2. The second-order valence-corrected chi connectivity index (χ2v) is 4.70. The summed E-state index contributed by atoms with van der Waals surface area (Å²) in [4.78, 5) is 15.5. The molecule has 0 atom stereocenters. The van der Waals surface area contributed by atoms with E-state index in [0.29, 0.717) is 9.70 Å². The van der Waals surface area contributed by atoms with Crippen LogP contribution in [0.4, 0.5) is 0 Å². The Labute approximate surface area is 104 Å². The first kappa shape index (κ1) is 11.2. The number of halogens is 1. The molecule has 0 radical (unpaired) electrons. The SMILES string of the molecule is O=C(O)c1ccc(Sc2ncco2)c(Br)c1. The molecule has 2 rings (SSSR count). The number of rotatable bonds is 3. The van der Waals surface area contributed by atoms with Crippen molar-refractivity contribution in [1.82, 2.24) is 4.98 Å². The van der Waals surface area contributed by atoms with Gasteiger partial charge in [0, 0.05) is 9.37 Å². The summed E-state index contributed by atoms with van der Waals surface area (Å²) in [5, 5.41) is 9.32. The second-order valence-electron chi connectivity index (χ2n) is 2.85. The van der Waals surface area contributed by atoms with Crippen LogP contribution in [-0.2, 0) is 0 Å². The van der Waals surface area contributed by atoms with E-state index < -0.39 is 5.97 Å². The van der Waals surface area contributed by atoms with E-state index in [1.807, 2.05) is 0 Å². The van der Waals surface area contributed by atoms with E-state index in [4.69, 9.17) is 9.52 Å². The Morgan fingerprint density at radius 3 is 2.88 bits per heavy atom. The van der Waals surface area contributed by atoms with Gasteiger partial charge >= 0.3 is 5.97 Å². The number of aromatic nitrogens is 1. The van der Waals surface area contributed by atoms with E-state index in [1.165, 1.54) is 18.0 Å². The van der Waals surface area contributed by atoms with Crippen LogP contribution in [0.25, 0.3) is 0 Å². The van der Waals surface area contributed by atoms with Gasteiger partial charge in [-0.05, 0) is 45.9 Å². The van der Waals surface area contributed by atoms with Gasteiger partial charge in [0.1, 0.15) is 6.26 Å². The molecule has 0 saturated heterocycles. The number of nitrogens with zero attached hydrogens (tertiary/aromatic N) is 1. The number of carboxylic acid groups (broad SMARTS) is 1. The molecular formula is C10H6BrNO3S. The minimum absolute atomic E-state index is 0.239. The summed E-state index contributed by atoms with van der Waals surface area (Å²) in [6.07, 6.45) is 3.05. The van der Waals surface area contributed by atoms with Gasteiger partial charge in [0.15, 0.2) is 0 Å². The molecule has 0 aliphatic carbocycles. The van der Waals surface area contributed by atoms with Crippen LogP contribution in [0.1, 0.15) is 10.4 Å². The average molecular weight is 300 g/mol. The quantitative estimate of drug-likeness (QED) is 0.942. The number of carbonyl (C=O) groups is 1. The van der Waals surface area contributed by atoms with Gasteiger partial charge in [-0.2, -0.15) is 0 Å². The summed E-state index contributed by atoms with van der Waals surface area (Å²) < 4.78 is 5.79. The lowest BCUT2D eigenvalue weighted by Crippen LogP contribution is -1.95. The second kappa shape index (κ2) is 4.71. The van der Waals surface area contributed by atoms with Crippen LogP contribution in [0, 0.1) is 0 Å². The Bertz CT molecular complexity index is 513. The molecule has 1 aromatic carbocycles. The molecule has 0 amide bonds. The fourth-order valence-electron chi connectivity index (χ4n) is 1.07. The molecule has 0 spiro atoms. The predicted molar refractivity (Wildman–Crippen MR) is 61.7 cm³/mol. The third-order valence-corrected chi connectivity index (χ3v) is 3.66. The molecule has 0 aliphatic heterocycles. The number of aromatic carboxylic acids is 1. The summed E-state index contributed by atoms with van der Waals surface area (Å²) >= 11 is 4.63. The highest BCUT2D eigenvalue weighted by Gasteiger charge is 2.09. The van der Waals surface area contributed by atoms with E-state index in [-0.39, 0.29) is 5.56 Å². The number of carboxylic acids is 1. The maximum absolute atomic E-state index is 10.7. The Kier molecular flexibility index (Phi) is 3.31. The topological polar surface area (TPSA) is 63.3 Å². The van der Waals surface area contributed by atoms with Crippen molar-refractivity contribution in [2.24, 2.45) is 0 Å². The van der Waals surface area contributed by atoms with Crippen molar-refractivity contribution in [2.45, 2.75) is 10.1 Å². The van der Waals surface area contributed by atoms with Crippen LogP contribution in [0.5, 0.6) is 0 Å². The minimum atomic E-state index is -0.951. The van der Waals surface area contributed by atoms with Crippen molar-refractivity contribution in [2.75, 3.05) is 0 Å². The van der Waals surface area contributed by atoms with Gasteiger partial charge in [-0.3, -0.25) is 0 Å². The van der Waals surface area contributed by atoms with Gasteiger partial charge in [0.25, 0.3) is 5.22 Å². The molecule has 1 heterocycles. The van der Waals surface area contributed by atoms with Gasteiger partial charge < -0.3 is 9.52 Å². The number of oxazole rings is 1. The first-order valence-corrected chi connectivity index (χ1v) is 5.88. The summed E-state index contributed by atoms with van der Waals surface area (Å²) in [6.45, 7) is 0. The molecule has 1 N–H and O–H groups in total. The van der Waals surface area contributed by atoms with Gasteiger partial charge in [0.05, 0.1) is 11.8 Å². The monoisotopic (exact) mass is 299 g/mol. The Balaban J connectivity index is 2.26. The maximum Gasteiger partial charge on any atom is 0.335 e. The largest absolute Gasteiger partial charge is 0.478 e. The maximum atomic E-state index is 10.7. The van der Waals surface area contributed by atoms with E-state index in [0.717, 1.165) is 4.90 Å². The third kappa shape index (κ3) is 2.45. The van der Waals surface area contributed by atoms with Crippen LogP contribution in [0.15, 0.2) is 49.7 Å². The molecule has 0 bridgehead atoms. The summed E-state index contributed by atoms with van der Waals surface area (Å²) in [5.74, 6) is -0.951. The fourth-order valence-corrected chi connectivity index (χ4v) is 2.39. The summed E-state index contributed by atoms with van der Waals surface area (Å²) in [5.41, 5.74) is 0.239. The molecule has 0 aliphatic rings. The summed E-state index contributed by atoms with van der Waals surface area (Å²) in [7, 11) is 0. The molecule has 82 valence electrons. The normalized spacial score (nSPS) is 10.3. The minimum Gasteiger partial charge on any atom is -0.478 e. The van der Waals surface area contributed by atoms with Crippen LogP contribution in [0.3, 0.4) is 0 Å². The van der Waals surface area contributed by atoms with Crippen molar-refractivity contribution in [3.05, 3.63) is 40.7 Å². The van der Waals surface area contributed by atoms with Crippen molar-refractivity contribution >= 4 is 33.7 Å². The number of hydrogen-bond donors (Lipinski definition) is 1. The van der Waals surface area contributed by atoms with Crippen molar-refractivity contribution in [1.29, 1.82) is 0 Å². The molecule has 6 heteroatoms. The number of hydrogen-bond acceptors (Lipinski definition) is 4. The lowest BCUT2D eigenvalue weighted by molar-refractivity contribution is 0.0696.